The van der Waals surface area contributed by atoms with Crippen molar-refractivity contribution < 1.29 is 4.79 Å². The van der Waals surface area contributed by atoms with E-state index in [4.69, 9.17) is 11.6 Å². The zero-order valence-electron chi connectivity index (χ0n) is 11.9. The van der Waals surface area contributed by atoms with E-state index in [9.17, 15) is 4.79 Å². The van der Waals surface area contributed by atoms with Gasteiger partial charge < -0.3 is 4.90 Å². The van der Waals surface area contributed by atoms with E-state index in [1.54, 1.807) is 0 Å². The Bertz CT molecular complexity index is 448. The summed E-state index contributed by atoms with van der Waals surface area (Å²) in [4.78, 5) is 14.6. The van der Waals surface area contributed by atoms with Crippen molar-refractivity contribution in [2.24, 2.45) is 0 Å². The van der Waals surface area contributed by atoms with Crippen LogP contribution in [0.4, 0.5) is 0 Å². The van der Waals surface area contributed by atoms with Gasteiger partial charge in [-0.2, -0.15) is 0 Å². The van der Waals surface area contributed by atoms with Gasteiger partial charge in [0.1, 0.15) is 5.78 Å². The van der Waals surface area contributed by atoms with Crippen LogP contribution in [0.3, 0.4) is 0 Å². The van der Waals surface area contributed by atoms with Gasteiger partial charge in [0, 0.05) is 22.9 Å². The Kier molecular flexibility index (Phi) is 4.32. The van der Waals surface area contributed by atoms with E-state index in [0.717, 1.165) is 17.0 Å². The van der Waals surface area contributed by atoms with Crippen molar-refractivity contribution in [3.8, 4) is 0 Å². The van der Waals surface area contributed by atoms with Crippen LogP contribution in [-0.2, 0) is 4.79 Å². The van der Waals surface area contributed by atoms with Crippen molar-refractivity contribution in [1.29, 1.82) is 0 Å². The predicted octanol–water partition coefficient (Wildman–Crippen LogP) is 3.89. The summed E-state index contributed by atoms with van der Waals surface area (Å²) in [6, 6.07) is 7.74. The number of carbonyl (C=O) groups is 1. The highest BCUT2D eigenvalue weighted by molar-refractivity contribution is 6.30. The van der Waals surface area contributed by atoms with Gasteiger partial charge in [-0.05, 0) is 51.1 Å². The largest absolute Gasteiger partial charge is 0.304 e. The van der Waals surface area contributed by atoms with E-state index in [1.807, 2.05) is 31.2 Å². The van der Waals surface area contributed by atoms with Crippen LogP contribution in [0, 0.1) is 0 Å². The van der Waals surface area contributed by atoms with E-state index in [0.29, 0.717) is 12.2 Å². The molecule has 1 atom stereocenters. The summed E-state index contributed by atoms with van der Waals surface area (Å²) in [5, 5.41) is 0.722. The monoisotopic (exact) mass is 279 g/mol. The topological polar surface area (TPSA) is 20.3 Å². The number of Topliss-reactive ketones (excluding diaryl/α,β-unsaturated/α-hetero) is 1. The van der Waals surface area contributed by atoms with Gasteiger partial charge in [0.05, 0.1) is 0 Å². The van der Waals surface area contributed by atoms with Crippen molar-refractivity contribution in [3.63, 3.8) is 0 Å². The minimum Gasteiger partial charge on any atom is -0.304 e. The lowest BCUT2D eigenvalue weighted by molar-refractivity contribution is -0.120. The Balaban J connectivity index is 2.22. The molecule has 1 aromatic carbocycles. The average molecular weight is 280 g/mol. The van der Waals surface area contributed by atoms with Crippen LogP contribution in [0.5, 0.6) is 0 Å². The summed E-state index contributed by atoms with van der Waals surface area (Å²) in [5.41, 5.74) is 1.33. The molecule has 1 aliphatic carbocycles. The molecule has 0 saturated heterocycles. The molecule has 1 fully saturated rings. The van der Waals surface area contributed by atoms with Crippen LogP contribution in [0.2, 0.25) is 5.02 Å². The molecule has 0 spiro atoms. The van der Waals surface area contributed by atoms with Gasteiger partial charge >= 0.3 is 0 Å². The van der Waals surface area contributed by atoms with Crippen LogP contribution >= 0.6 is 11.6 Å². The number of hydrogen-bond acceptors (Lipinski definition) is 2. The zero-order chi connectivity index (χ0) is 14.0. The maximum atomic E-state index is 12.3. The second-order valence-electron chi connectivity index (χ2n) is 5.75. The van der Waals surface area contributed by atoms with Crippen LogP contribution < -0.4 is 0 Å². The quantitative estimate of drug-likeness (QED) is 0.787. The van der Waals surface area contributed by atoms with E-state index >= 15 is 0 Å². The van der Waals surface area contributed by atoms with Crippen molar-refractivity contribution >= 4 is 17.4 Å². The highest BCUT2D eigenvalue weighted by atomic mass is 35.5. The number of ketones is 1. The van der Waals surface area contributed by atoms with Crippen LogP contribution in [-0.4, -0.2) is 30.3 Å². The number of hydrogen-bond donors (Lipinski definition) is 0. The molecule has 1 unspecified atom stereocenters. The van der Waals surface area contributed by atoms with Gasteiger partial charge in [0.25, 0.3) is 0 Å². The second kappa shape index (κ2) is 5.64. The molecule has 0 bridgehead atoms. The average Bonchev–Trinajstić information content (AvgIpc) is 3.17. The van der Waals surface area contributed by atoms with Gasteiger partial charge in [0.2, 0.25) is 0 Å². The van der Waals surface area contributed by atoms with Gasteiger partial charge in [-0.1, -0.05) is 30.7 Å². The van der Waals surface area contributed by atoms with E-state index in [2.05, 4.69) is 19.0 Å². The molecular weight excluding hydrogens is 258 g/mol. The van der Waals surface area contributed by atoms with Crippen molar-refractivity contribution in [3.05, 3.63) is 34.9 Å². The highest BCUT2D eigenvalue weighted by Gasteiger charge is 2.47. The molecule has 1 aliphatic rings. The summed E-state index contributed by atoms with van der Waals surface area (Å²) >= 11 is 5.93. The van der Waals surface area contributed by atoms with E-state index < -0.39 is 0 Å². The SMILES string of the molecule is CCC(=O)C(CC1(N(C)C)CC1)c1ccc(Cl)cc1. The van der Waals surface area contributed by atoms with Crippen LogP contribution in [0.1, 0.15) is 44.1 Å². The fourth-order valence-electron chi connectivity index (χ4n) is 2.72. The van der Waals surface area contributed by atoms with Crippen LogP contribution in [0.15, 0.2) is 24.3 Å². The predicted molar refractivity (Wildman–Crippen MR) is 79.8 cm³/mol. The number of halogens is 1. The summed E-state index contributed by atoms with van der Waals surface area (Å²) in [6.07, 6.45) is 3.91. The van der Waals surface area contributed by atoms with E-state index in [1.165, 1.54) is 12.8 Å². The number of nitrogens with zero attached hydrogens (tertiary/aromatic N) is 1. The van der Waals surface area contributed by atoms with E-state index in [-0.39, 0.29) is 11.5 Å². The third-order valence-corrected chi connectivity index (χ3v) is 4.62. The molecule has 2 rings (SSSR count). The standard InChI is InChI=1S/C16H22ClNO/c1-4-15(19)14(11-16(9-10-16)18(2)3)12-5-7-13(17)8-6-12/h5-8,14H,4,9-11H2,1-3H3. The first-order valence-electron chi connectivity index (χ1n) is 6.94. The molecule has 1 saturated carbocycles. The van der Waals surface area contributed by atoms with Gasteiger partial charge in [-0.25, -0.2) is 0 Å². The molecular formula is C16H22ClNO. The van der Waals surface area contributed by atoms with Crippen molar-refractivity contribution in [2.75, 3.05) is 14.1 Å². The van der Waals surface area contributed by atoms with Gasteiger partial charge in [0.15, 0.2) is 0 Å². The molecule has 0 N–H and O–H groups in total. The maximum absolute atomic E-state index is 12.3. The summed E-state index contributed by atoms with van der Waals surface area (Å²) in [7, 11) is 4.23. The summed E-state index contributed by atoms with van der Waals surface area (Å²) < 4.78 is 0. The Morgan fingerprint density at radius 3 is 2.32 bits per heavy atom. The molecule has 0 aliphatic heterocycles. The third kappa shape index (κ3) is 3.18. The molecule has 2 nitrogen and oxygen atoms in total. The number of carbonyl (C=O) groups excluding carboxylic acids is 1. The lowest BCUT2D eigenvalue weighted by atomic mass is 9.86. The zero-order valence-corrected chi connectivity index (χ0v) is 12.7. The lowest BCUT2D eigenvalue weighted by Gasteiger charge is -2.28. The highest BCUT2D eigenvalue weighted by Crippen LogP contribution is 2.47. The van der Waals surface area contributed by atoms with Crippen molar-refractivity contribution in [1.82, 2.24) is 4.90 Å². The van der Waals surface area contributed by atoms with Gasteiger partial charge in [-0.3, -0.25) is 4.79 Å². The Hall–Kier alpha value is -0.860. The molecule has 0 radical (unpaired) electrons. The summed E-state index contributed by atoms with van der Waals surface area (Å²) in [6.45, 7) is 1.94. The maximum Gasteiger partial charge on any atom is 0.140 e. The first-order chi connectivity index (χ1) is 8.98. The Labute approximate surface area is 120 Å². The molecule has 0 aromatic heterocycles. The molecule has 0 heterocycles. The van der Waals surface area contributed by atoms with Gasteiger partial charge in [-0.15, -0.1) is 0 Å². The normalized spacial score (nSPS) is 18.4. The first kappa shape index (κ1) is 14.5. The molecule has 104 valence electrons. The number of rotatable bonds is 6. The molecule has 3 heteroatoms. The smallest absolute Gasteiger partial charge is 0.140 e. The molecule has 19 heavy (non-hydrogen) atoms. The summed E-state index contributed by atoms with van der Waals surface area (Å²) in [5.74, 6) is 0.336. The molecule has 0 amide bonds. The molecule has 1 aromatic rings. The van der Waals surface area contributed by atoms with Crippen molar-refractivity contribution in [2.45, 2.75) is 44.1 Å². The minimum absolute atomic E-state index is 0.00664. The fourth-order valence-corrected chi connectivity index (χ4v) is 2.84. The first-order valence-corrected chi connectivity index (χ1v) is 7.32. The lowest BCUT2D eigenvalue weighted by Crippen LogP contribution is -2.33. The second-order valence-corrected chi connectivity index (χ2v) is 6.18. The Morgan fingerprint density at radius 2 is 1.89 bits per heavy atom. The Morgan fingerprint density at radius 1 is 1.32 bits per heavy atom. The fraction of sp³-hybridized carbons (Fsp3) is 0.562. The number of benzene rings is 1. The third-order valence-electron chi connectivity index (χ3n) is 4.37. The minimum atomic E-state index is 0.00664. The van der Waals surface area contributed by atoms with Crippen LogP contribution in [0.25, 0.3) is 0 Å².